The fourth-order valence-corrected chi connectivity index (χ4v) is 2.65. The third-order valence-corrected chi connectivity index (χ3v) is 3.75. The predicted molar refractivity (Wildman–Crippen MR) is 76.4 cm³/mol. The predicted octanol–water partition coefficient (Wildman–Crippen LogP) is 4.09. The molecule has 0 atom stereocenters. The van der Waals surface area contributed by atoms with Gasteiger partial charge in [-0.05, 0) is 25.0 Å². The Labute approximate surface area is 125 Å². The maximum Gasteiger partial charge on any atom is 0.418 e. The van der Waals surface area contributed by atoms with Crippen LogP contribution in [0.4, 0.5) is 18.9 Å². The van der Waals surface area contributed by atoms with Crippen LogP contribution in [0.3, 0.4) is 0 Å². The lowest BCUT2D eigenvalue weighted by molar-refractivity contribution is -0.137. The van der Waals surface area contributed by atoms with E-state index < -0.39 is 11.7 Å². The van der Waals surface area contributed by atoms with Crippen molar-refractivity contribution in [2.75, 3.05) is 29.9 Å². The van der Waals surface area contributed by atoms with Gasteiger partial charge in [-0.3, -0.25) is 0 Å². The van der Waals surface area contributed by atoms with Crippen LogP contribution >= 0.6 is 15.9 Å². The normalized spacial score (nSPS) is 17.5. The molecule has 1 saturated heterocycles. The molecule has 1 aliphatic rings. The van der Waals surface area contributed by atoms with Crippen molar-refractivity contribution in [1.29, 1.82) is 0 Å². The largest absolute Gasteiger partial charge is 0.418 e. The highest BCUT2D eigenvalue weighted by molar-refractivity contribution is 9.09. The fraction of sp³-hybridized carbons (Fsp3) is 0.571. The number of anilines is 1. The number of piperidine rings is 1. The molecule has 0 bridgehead atoms. The van der Waals surface area contributed by atoms with Crippen molar-refractivity contribution in [2.45, 2.75) is 25.1 Å². The maximum atomic E-state index is 13.0. The molecule has 1 aromatic carbocycles. The molecule has 0 spiro atoms. The number of para-hydroxylation sites is 1. The SMILES string of the molecule is FC(F)(F)c1ccccc1N1CCC(OCCBr)CC1. The van der Waals surface area contributed by atoms with Gasteiger partial charge in [-0.2, -0.15) is 13.2 Å². The van der Waals surface area contributed by atoms with Crippen molar-refractivity contribution in [3.8, 4) is 0 Å². The molecule has 0 amide bonds. The first-order chi connectivity index (χ1) is 9.52. The summed E-state index contributed by atoms with van der Waals surface area (Å²) in [7, 11) is 0. The van der Waals surface area contributed by atoms with Gasteiger partial charge in [-0.15, -0.1) is 0 Å². The summed E-state index contributed by atoms with van der Waals surface area (Å²) in [6.45, 7) is 1.84. The molecule has 6 heteroatoms. The number of ether oxygens (including phenoxy) is 1. The molecule has 1 heterocycles. The first-order valence-electron chi connectivity index (χ1n) is 6.61. The number of hydrogen-bond donors (Lipinski definition) is 0. The maximum absolute atomic E-state index is 13.0. The highest BCUT2D eigenvalue weighted by Crippen LogP contribution is 2.37. The molecule has 112 valence electrons. The second kappa shape index (κ2) is 6.80. The van der Waals surface area contributed by atoms with Gasteiger partial charge in [-0.25, -0.2) is 0 Å². The van der Waals surface area contributed by atoms with E-state index in [1.165, 1.54) is 6.07 Å². The van der Waals surface area contributed by atoms with E-state index in [1.807, 2.05) is 0 Å². The van der Waals surface area contributed by atoms with Gasteiger partial charge in [0, 0.05) is 24.1 Å². The monoisotopic (exact) mass is 351 g/mol. The van der Waals surface area contributed by atoms with E-state index in [4.69, 9.17) is 4.74 Å². The van der Waals surface area contributed by atoms with Crippen LogP contribution in [-0.4, -0.2) is 31.1 Å². The third-order valence-electron chi connectivity index (χ3n) is 3.42. The molecule has 20 heavy (non-hydrogen) atoms. The number of alkyl halides is 4. The van der Waals surface area contributed by atoms with Gasteiger partial charge < -0.3 is 9.64 Å². The van der Waals surface area contributed by atoms with Crippen LogP contribution < -0.4 is 4.90 Å². The summed E-state index contributed by atoms with van der Waals surface area (Å²) in [6.07, 6.45) is -2.62. The molecular formula is C14H17BrF3NO. The Morgan fingerprint density at radius 1 is 1.20 bits per heavy atom. The number of rotatable bonds is 4. The second-order valence-corrected chi connectivity index (χ2v) is 5.55. The standard InChI is InChI=1S/C14H17BrF3NO/c15-7-10-20-11-5-8-19(9-6-11)13-4-2-1-3-12(13)14(16,17)18/h1-4,11H,5-10H2. The summed E-state index contributed by atoms with van der Waals surface area (Å²) < 4.78 is 44.6. The molecule has 2 nitrogen and oxygen atoms in total. The quantitative estimate of drug-likeness (QED) is 0.757. The first-order valence-corrected chi connectivity index (χ1v) is 7.73. The zero-order valence-corrected chi connectivity index (χ0v) is 12.6. The minimum Gasteiger partial charge on any atom is -0.377 e. The first kappa shape index (κ1) is 15.6. The number of nitrogens with zero attached hydrogens (tertiary/aromatic N) is 1. The summed E-state index contributed by atoms with van der Waals surface area (Å²) in [6, 6.07) is 5.77. The summed E-state index contributed by atoms with van der Waals surface area (Å²) >= 11 is 3.30. The lowest BCUT2D eigenvalue weighted by atomic mass is 10.0. The van der Waals surface area contributed by atoms with Gasteiger partial charge in [0.2, 0.25) is 0 Å². The molecule has 2 rings (SSSR count). The zero-order chi connectivity index (χ0) is 14.6. The Morgan fingerprint density at radius 2 is 1.85 bits per heavy atom. The molecule has 1 aromatic rings. The Kier molecular flexibility index (Phi) is 5.32. The van der Waals surface area contributed by atoms with Crippen molar-refractivity contribution in [1.82, 2.24) is 0 Å². The average Bonchev–Trinajstić information content (AvgIpc) is 2.45. The molecule has 1 fully saturated rings. The Hall–Kier alpha value is -0.750. The van der Waals surface area contributed by atoms with Crippen molar-refractivity contribution >= 4 is 21.6 Å². The number of halogens is 4. The van der Waals surface area contributed by atoms with Crippen molar-refractivity contribution in [3.63, 3.8) is 0 Å². The topological polar surface area (TPSA) is 12.5 Å². The van der Waals surface area contributed by atoms with Crippen molar-refractivity contribution in [3.05, 3.63) is 29.8 Å². The molecule has 1 aliphatic heterocycles. The van der Waals surface area contributed by atoms with Crippen molar-refractivity contribution < 1.29 is 17.9 Å². The van der Waals surface area contributed by atoms with E-state index in [9.17, 15) is 13.2 Å². The summed E-state index contributed by atoms with van der Waals surface area (Å²) in [5, 5.41) is 0.782. The highest BCUT2D eigenvalue weighted by Gasteiger charge is 2.35. The van der Waals surface area contributed by atoms with E-state index in [1.54, 1.807) is 17.0 Å². The lowest BCUT2D eigenvalue weighted by Gasteiger charge is -2.34. The van der Waals surface area contributed by atoms with Gasteiger partial charge >= 0.3 is 6.18 Å². The van der Waals surface area contributed by atoms with Gasteiger partial charge in [0.25, 0.3) is 0 Å². The molecule has 0 aromatic heterocycles. The van der Waals surface area contributed by atoms with Crippen molar-refractivity contribution in [2.24, 2.45) is 0 Å². The minimum absolute atomic E-state index is 0.154. The molecule has 0 saturated carbocycles. The number of benzene rings is 1. The molecule has 0 N–H and O–H groups in total. The number of hydrogen-bond acceptors (Lipinski definition) is 2. The summed E-state index contributed by atoms with van der Waals surface area (Å²) in [5.41, 5.74) is -0.279. The summed E-state index contributed by atoms with van der Waals surface area (Å²) in [5.74, 6) is 0. The summed E-state index contributed by atoms with van der Waals surface area (Å²) in [4.78, 5) is 1.80. The molecule has 0 unspecified atom stereocenters. The fourth-order valence-electron chi connectivity index (χ4n) is 2.46. The van der Waals surface area contributed by atoms with Crippen LogP contribution in [0.15, 0.2) is 24.3 Å². The van der Waals surface area contributed by atoms with E-state index in [0.29, 0.717) is 19.7 Å². The van der Waals surface area contributed by atoms with Gasteiger partial charge in [0.15, 0.2) is 0 Å². The minimum atomic E-state index is -4.31. The Morgan fingerprint density at radius 3 is 2.45 bits per heavy atom. The van der Waals surface area contributed by atoms with Crippen LogP contribution in [0.2, 0.25) is 0 Å². The Bertz CT molecular complexity index is 431. The van der Waals surface area contributed by atoms with Gasteiger partial charge in [-0.1, -0.05) is 28.1 Å². The third kappa shape index (κ3) is 3.88. The van der Waals surface area contributed by atoms with Crippen LogP contribution in [0.1, 0.15) is 18.4 Å². The van der Waals surface area contributed by atoms with Crippen LogP contribution in [-0.2, 0) is 10.9 Å². The van der Waals surface area contributed by atoms with E-state index in [2.05, 4.69) is 15.9 Å². The second-order valence-electron chi connectivity index (χ2n) is 4.76. The van der Waals surface area contributed by atoms with Crippen LogP contribution in [0, 0.1) is 0 Å². The highest BCUT2D eigenvalue weighted by atomic mass is 79.9. The van der Waals surface area contributed by atoms with E-state index in [-0.39, 0.29) is 11.8 Å². The molecule has 0 aliphatic carbocycles. The van der Waals surface area contributed by atoms with Crippen LogP contribution in [0.25, 0.3) is 0 Å². The average molecular weight is 352 g/mol. The van der Waals surface area contributed by atoms with E-state index >= 15 is 0 Å². The van der Waals surface area contributed by atoms with Gasteiger partial charge in [0.05, 0.1) is 18.3 Å². The van der Waals surface area contributed by atoms with Crippen LogP contribution in [0.5, 0.6) is 0 Å². The van der Waals surface area contributed by atoms with E-state index in [0.717, 1.165) is 24.2 Å². The molecular weight excluding hydrogens is 335 g/mol. The smallest absolute Gasteiger partial charge is 0.377 e. The lowest BCUT2D eigenvalue weighted by Crippen LogP contribution is -2.38. The Balaban J connectivity index is 2.04. The molecule has 0 radical (unpaired) electrons. The zero-order valence-electron chi connectivity index (χ0n) is 11.0. The van der Waals surface area contributed by atoms with Gasteiger partial charge in [0.1, 0.15) is 0 Å².